The molecule has 0 unspecified atom stereocenters. The molecule has 0 aliphatic rings. The molecule has 0 saturated carbocycles. The van der Waals surface area contributed by atoms with E-state index in [0.717, 1.165) is 0 Å². The molecule has 2 rings (SSSR count). The van der Waals surface area contributed by atoms with Crippen LogP contribution in [0.25, 0.3) is 11.1 Å². The maximum Gasteiger partial charge on any atom is 0.0784 e. The summed E-state index contributed by atoms with van der Waals surface area (Å²) in [5.41, 5.74) is 1.18. The topological polar surface area (TPSA) is 0 Å². The monoisotopic (exact) mass is 358 g/mol. The predicted octanol–water partition coefficient (Wildman–Crippen LogP) is 7.27. The van der Waals surface area contributed by atoms with E-state index in [1.807, 2.05) is 0 Å². The molecule has 0 aliphatic carbocycles. The molecule has 0 bridgehead atoms. The molecule has 0 saturated heterocycles. The Morgan fingerprint density at radius 2 is 1.17 bits per heavy atom. The Balaban J connectivity index is 2.74. The van der Waals surface area contributed by atoms with E-state index >= 15 is 0 Å². The van der Waals surface area contributed by atoms with Crippen LogP contribution in [0, 0.1) is 0 Å². The maximum atomic E-state index is 6.15. The van der Waals surface area contributed by atoms with Gasteiger partial charge in [-0.05, 0) is 18.2 Å². The summed E-state index contributed by atoms with van der Waals surface area (Å²) in [6.07, 6.45) is 0. The van der Waals surface area contributed by atoms with Crippen molar-refractivity contribution in [1.82, 2.24) is 0 Å². The number of hydrogen-bond acceptors (Lipinski definition) is 0. The van der Waals surface area contributed by atoms with Crippen molar-refractivity contribution in [2.45, 2.75) is 0 Å². The van der Waals surface area contributed by atoms with Gasteiger partial charge in [0, 0.05) is 16.1 Å². The molecule has 0 aliphatic heterocycles. The van der Waals surface area contributed by atoms with E-state index in [9.17, 15) is 0 Å². The van der Waals surface area contributed by atoms with E-state index in [4.69, 9.17) is 69.6 Å². The molecule has 0 heterocycles. The van der Waals surface area contributed by atoms with Gasteiger partial charge in [0.1, 0.15) is 0 Å². The molecule has 0 spiro atoms. The van der Waals surface area contributed by atoms with Crippen LogP contribution in [-0.2, 0) is 0 Å². The van der Waals surface area contributed by atoms with Gasteiger partial charge in [-0.15, -0.1) is 0 Å². The van der Waals surface area contributed by atoms with Crippen molar-refractivity contribution in [3.8, 4) is 11.1 Å². The van der Waals surface area contributed by atoms with Gasteiger partial charge >= 0.3 is 0 Å². The van der Waals surface area contributed by atoms with E-state index in [1.165, 1.54) is 0 Å². The van der Waals surface area contributed by atoms with E-state index in [1.54, 1.807) is 24.3 Å². The summed E-state index contributed by atoms with van der Waals surface area (Å²) in [7, 11) is 0. The minimum atomic E-state index is 0.262. The lowest BCUT2D eigenvalue weighted by atomic mass is 10.1. The largest absolute Gasteiger partial charge is 0.0842 e. The lowest BCUT2D eigenvalue weighted by Crippen LogP contribution is -1.85. The van der Waals surface area contributed by atoms with Crippen LogP contribution in [0.15, 0.2) is 24.3 Å². The van der Waals surface area contributed by atoms with Crippen LogP contribution in [0.5, 0.6) is 0 Å². The van der Waals surface area contributed by atoms with Gasteiger partial charge in [-0.3, -0.25) is 0 Å². The third-order valence-corrected chi connectivity index (χ3v) is 4.42. The Bertz CT molecular complexity index is 597. The second-order valence-corrected chi connectivity index (χ2v) is 5.88. The van der Waals surface area contributed by atoms with Crippen LogP contribution in [0.1, 0.15) is 0 Å². The number of benzene rings is 2. The molecule has 0 atom stereocenters. The van der Waals surface area contributed by atoms with Crippen LogP contribution < -0.4 is 0 Å². The van der Waals surface area contributed by atoms with Crippen LogP contribution in [0.4, 0.5) is 0 Å². The van der Waals surface area contributed by atoms with Gasteiger partial charge in [-0.25, -0.2) is 0 Å². The minimum absolute atomic E-state index is 0.262. The van der Waals surface area contributed by atoms with Gasteiger partial charge in [-0.1, -0.05) is 75.7 Å². The molecule has 18 heavy (non-hydrogen) atoms. The predicted molar refractivity (Wildman–Crippen MR) is 81.9 cm³/mol. The Morgan fingerprint density at radius 1 is 0.611 bits per heavy atom. The highest BCUT2D eigenvalue weighted by Gasteiger charge is 2.16. The first-order valence-electron chi connectivity index (χ1n) is 4.70. The lowest BCUT2D eigenvalue weighted by molar-refractivity contribution is 1.61. The second-order valence-electron chi connectivity index (χ2n) is 3.47. The minimum Gasteiger partial charge on any atom is -0.0842 e. The van der Waals surface area contributed by atoms with E-state index in [0.29, 0.717) is 36.2 Å². The van der Waals surface area contributed by atoms with Crippen LogP contribution in [-0.4, -0.2) is 0 Å². The first kappa shape index (κ1) is 14.6. The fourth-order valence-electron chi connectivity index (χ4n) is 1.52. The van der Waals surface area contributed by atoms with Gasteiger partial charge in [0.15, 0.2) is 0 Å². The fourth-order valence-corrected chi connectivity index (χ4v) is 3.17. The molecule has 94 valence electrons. The lowest BCUT2D eigenvalue weighted by Gasteiger charge is -2.11. The van der Waals surface area contributed by atoms with Crippen molar-refractivity contribution >= 4 is 69.6 Å². The van der Waals surface area contributed by atoms with E-state index < -0.39 is 0 Å². The van der Waals surface area contributed by atoms with Crippen molar-refractivity contribution in [2.75, 3.05) is 0 Å². The SMILES string of the molecule is Clc1cc(Cl)c(-c2ccc(Cl)c(Cl)c2Cl)c(Cl)c1. The average Bonchev–Trinajstić information content (AvgIpc) is 2.28. The summed E-state index contributed by atoms with van der Waals surface area (Å²) < 4.78 is 0. The van der Waals surface area contributed by atoms with Crippen molar-refractivity contribution in [2.24, 2.45) is 0 Å². The quantitative estimate of drug-likeness (QED) is 0.469. The van der Waals surface area contributed by atoms with Gasteiger partial charge in [-0.2, -0.15) is 0 Å². The van der Waals surface area contributed by atoms with Gasteiger partial charge < -0.3 is 0 Å². The number of rotatable bonds is 1. The van der Waals surface area contributed by atoms with Gasteiger partial charge in [0.25, 0.3) is 0 Å². The molecular formula is C12H4Cl6. The zero-order valence-electron chi connectivity index (χ0n) is 8.58. The second kappa shape index (κ2) is 5.66. The van der Waals surface area contributed by atoms with Crippen molar-refractivity contribution in [3.63, 3.8) is 0 Å². The Labute approximate surface area is 134 Å². The zero-order chi connectivity index (χ0) is 13.4. The van der Waals surface area contributed by atoms with Crippen LogP contribution in [0.3, 0.4) is 0 Å². The molecule has 0 aromatic heterocycles. The summed E-state index contributed by atoms with van der Waals surface area (Å²) in [4.78, 5) is 0. The average molecular weight is 361 g/mol. The normalized spacial score (nSPS) is 10.8. The first-order valence-corrected chi connectivity index (χ1v) is 6.97. The van der Waals surface area contributed by atoms with Crippen LogP contribution in [0.2, 0.25) is 30.1 Å². The zero-order valence-corrected chi connectivity index (χ0v) is 13.1. The molecular weight excluding hydrogens is 357 g/mol. The van der Waals surface area contributed by atoms with Crippen molar-refractivity contribution in [1.29, 1.82) is 0 Å². The highest BCUT2D eigenvalue weighted by Crippen LogP contribution is 2.44. The fraction of sp³-hybridized carbons (Fsp3) is 0. The third-order valence-electron chi connectivity index (χ3n) is 2.31. The van der Waals surface area contributed by atoms with Crippen molar-refractivity contribution < 1.29 is 0 Å². The summed E-state index contributed by atoms with van der Waals surface area (Å²) >= 11 is 36.1. The molecule has 6 heteroatoms. The molecule has 0 amide bonds. The highest BCUT2D eigenvalue weighted by molar-refractivity contribution is 6.50. The number of halogens is 6. The Kier molecular flexibility index (Phi) is 4.59. The van der Waals surface area contributed by atoms with Gasteiger partial charge in [0.05, 0.1) is 25.1 Å². The van der Waals surface area contributed by atoms with E-state index in [2.05, 4.69) is 0 Å². The summed E-state index contributed by atoms with van der Waals surface area (Å²) in [5.74, 6) is 0. The summed E-state index contributed by atoms with van der Waals surface area (Å²) in [6.45, 7) is 0. The molecule has 0 radical (unpaired) electrons. The highest BCUT2D eigenvalue weighted by atomic mass is 35.5. The maximum absolute atomic E-state index is 6.15. The molecule has 0 N–H and O–H groups in total. The van der Waals surface area contributed by atoms with Crippen molar-refractivity contribution in [3.05, 3.63) is 54.4 Å². The third kappa shape index (κ3) is 2.70. The smallest absolute Gasteiger partial charge is 0.0784 e. The standard InChI is InChI=1S/C12H4Cl6/c13-5-3-8(15)10(9(16)4-5)6-1-2-7(14)12(18)11(6)17/h1-4H. The molecule has 0 fully saturated rings. The number of hydrogen-bond donors (Lipinski definition) is 0. The summed E-state index contributed by atoms with van der Waals surface area (Å²) in [5, 5.41) is 2.17. The summed E-state index contributed by atoms with van der Waals surface area (Å²) in [6, 6.07) is 6.51. The molecule has 2 aromatic rings. The Hall–Kier alpha value is 0.180. The van der Waals surface area contributed by atoms with Gasteiger partial charge in [0.2, 0.25) is 0 Å². The van der Waals surface area contributed by atoms with E-state index in [-0.39, 0.29) is 5.02 Å². The first-order chi connectivity index (χ1) is 8.41. The molecule has 2 aromatic carbocycles. The molecule has 0 nitrogen and oxygen atoms in total. The Morgan fingerprint density at radius 3 is 1.72 bits per heavy atom. The van der Waals surface area contributed by atoms with Crippen LogP contribution >= 0.6 is 69.6 Å².